The topological polar surface area (TPSA) is 65.6 Å². The minimum Gasteiger partial charge on any atom is -0.392 e. The number of aromatic amines is 1. The van der Waals surface area contributed by atoms with Gasteiger partial charge in [0, 0.05) is 54.2 Å². The lowest BCUT2D eigenvalue weighted by atomic mass is 9.58. The first-order valence-electron chi connectivity index (χ1n) is 8.80. The molecule has 0 radical (unpaired) electrons. The Hall–Kier alpha value is -1.85. The Kier molecular flexibility index (Phi) is 3.85. The number of benzene rings is 1. The summed E-state index contributed by atoms with van der Waals surface area (Å²) in [7, 11) is 0. The molecule has 4 rings (SSSR count). The Morgan fingerprint density at radius 1 is 1.38 bits per heavy atom. The molecule has 1 aliphatic heterocycles. The van der Waals surface area contributed by atoms with Crippen molar-refractivity contribution in [3.8, 4) is 0 Å². The van der Waals surface area contributed by atoms with Crippen LogP contribution in [0.5, 0.6) is 0 Å². The number of ether oxygens (including phenoxy) is 1. The van der Waals surface area contributed by atoms with Crippen LogP contribution in [0, 0.1) is 5.41 Å². The van der Waals surface area contributed by atoms with E-state index >= 15 is 0 Å². The van der Waals surface area contributed by atoms with Crippen LogP contribution in [-0.4, -0.2) is 52.8 Å². The van der Waals surface area contributed by atoms with Crippen molar-refractivity contribution in [3.05, 3.63) is 36.0 Å². The van der Waals surface area contributed by atoms with Gasteiger partial charge in [-0.1, -0.05) is 0 Å². The van der Waals surface area contributed by atoms with E-state index in [1.807, 2.05) is 42.3 Å². The lowest BCUT2D eigenvalue weighted by molar-refractivity contribution is -0.207. The molecule has 2 atom stereocenters. The zero-order chi connectivity index (χ0) is 16.7. The number of aliphatic hydroxyl groups is 1. The third-order valence-electron chi connectivity index (χ3n) is 5.89. The molecule has 1 aromatic carbocycles. The van der Waals surface area contributed by atoms with Gasteiger partial charge in [0.05, 0.1) is 12.2 Å². The summed E-state index contributed by atoms with van der Waals surface area (Å²) >= 11 is 0. The number of hydrogen-bond donors (Lipinski definition) is 2. The van der Waals surface area contributed by atoms with Gasteiger partial charge in [0.25, 0.3) is 5.91 Å². The first-order valence-corrected chi connectivity index (χ1v) is 8.80. The smallest absolute Gasteiger partial charge is 0.253 e. The van der Waals surface area contributed by atoms with E-state index in [1.54, 1.807) is 0 Å². The minimum atomic E-state index is -0.289. The average molecular weight is 328 g/mol. The molecule has 1 aliphatic carbocycles. The number of likely N-dealkylation sites (tertiary alicyclic amines) is 1. The van der Waals surface area contributed by atoms with Gasteiger partial charge in [-0.3, -0.25) is 4.79 Å². The van der Waals surface area contributed by atoms with E-state index < -0.39 is 0 Å². The standard InChI is InChI=1S/C19H24N2O3/c1-2-24-17-12-16(22)19(17)6-9-21(10-7-19)18(23)14-3-4-15-13(11-14)5-8-20-15/h3-5,8,11,16-17,20,22H,2,6-7,9-10,12H2,1H3. The first kappa shape index (κ1) is 15.7. The van der Waals surface area contributed by atoms with Gasteiger partial charge in [0.1, 0.15) is 0 Å². The number of fused-ring (bicyclic) bond motifs is 1. The van der Waals surface area contributed by atoms with Gasteiger partial charge < -0.3 is 19.7 Å². The van der Waals surface area contributed by atoms with Crippen LogP contribution in [0.1, 0.15) is 36.5 Å². The number of amides is 1. The first-order chi connectivity index (χ1) is 11.6. The average Bonchev–Trinajstić information content (AvgIpc) is 3.09. The Morgan fingerprint density at radius 3 is 2.88 bits per heavy atom. The van der Waals surface area contributed by atoms with Gasteiger partial charge >= 0.3 is 0 Å². The van der Waals surface area contributed by atoms with Gasteiger partial charge in [0.15, 0.2) is 0 Å². The molecule has 0 bridgehead atoms. The van der Waals surface area contributed by atoms with E-state index in [0.29, 0.717) is 19.7 Å². The summed E-state index contributed by atoms with van der Waals surface area (Å²) in [4.78, 5) is 17.8. The second-order valence-corrected chi connectivity index (χ2v) is 7.00. The maximum absolute atomic E-state index is 12.8. The van der Waals surface area contributed by atoms with Gasteiger partial charge in [-0.15, -0.1) is 0 Å². The van der Waals surface area contributed by atoms with E-state index in [-0.39, 0.29) is 23.5 Å². The number of piperidine rings is 1. The van der Waals surface area contributed by atoms with Crippen LogP contribution in [0.3, 0.4) is 0 Å². The minimum absolute atomic E-state index is 0.0784. The fourth-order valence-corrected chi connectivity index (χ4v) is 4.31. The number of hydrogen-bond acceptors (Lipinski definition) is 3. The van der Waals surface area contributed by atoms with Crippen molar-refractivity contribution in [3.63, 3.8) is 0 Å². The summed E-state index contributed by atoms with van der Waals surface area (Å²) in [6.45, 7) is 4.04. The third kappa shape index (κ3) is 2.34. The van der Waals surface area contributed by atoms with Crippen LogP contribution in [0.25, 0.3) is 10.9 Å². The summed E-state index contributed by atoms with van der Waals surface area (Å²) in [6, 6.07) is 7.76. The van der Waals surface area contributed by atoms with Crippen molar-refractivity contribution in [2.75, 3.05) is 19.7 Å². The van der Waals surface area contributed by atoms with E-state index in [9.17, 15) is 9.90 Å². The highest BCUT2D eigenvalue weighted by atomic mass is 16.5. The number of nitrogens with one attached hydrogen (secondary N) is 1. The number of H-pyrrole nitrogens is 1. The highest BCUT2D eigenvalue weighted by Gasteiger charge is 2.56. The molecule has 2 fully saturated rings. The maximum atomic E-state index is 12.8. The molecule has 1 saturated heterocycles. The Labute approximate surface area is 141 Å². The number of carbonyl (C=O) groups is 1. The molecule has 2 aliphatic rings. The fraction of sp³-hybridized carbons (Fsp3) is 0.526. The largest absolute Gasteiger partial charge is 0.392 e. The predicted molar refractivity (Wildman–Crippen MR) is 91.9 cm³/mol. The molecule has 2 heterocycles. The number of aliphatic hydroxyl groups excluding tert-OH is 1. The summed E-state index contributed by atoms with van der Waals surface area (Å²) in [6.07, 6.45) is 4.10. The second-order valence-electron chi connectivity index (χ2n) is 7.00. The normalized spacial score (nSPS) is 25.8. The zero-order valence-electron chi connectivity index (χ0n) is 14.0. The fourth-order valence-electron chi connectivity index (χ4n) is 4.31. The van der Waals surface area contributed by atoms with Crippen molar-refractivity contribution in [2.45, 2.75) is 38.4 Å². The molecule has 1 amide bonds. The van der Waals surface area contributed by atoms with Crippen LogP contribution in [0.2, 0.25) is 0 Å². The predicted octanol–water partition coefficient (Wildman–Crippen LogP) is 2.56. The quantitative estimate of drug-likeness (QED) is 0.910. The van der Waals surface area contributed by atoms with E-state index in [4.69, 9.17) is 4.74 Å². The molecular formula is C19H24N2O3. The summed E-state index contributed by atoms with van der Waals surface area (Å²) in [5, 5.41) is 11.3. The lowest BCUT2D eigenvalue weighted by Gasteiger charge is -2.56. The Balaban J connectivity index is 1.46. The Morgan fingerprint density at radius 2 is 2.17 bits per heavy atom. The monoisotopic (exact) mass is 328 g/mol. The molecule has 2 aromatic rings. The van der Waals surface area contributed by atoms with Crippen molar-refractivity contribution in [1.82, 2.24) is 9.88 Å². The van der Waals surface area contributed by atoms with Crippen LogP contribution < -0.4 is 0 Å². The molecule has 2 N–H and O–H groups in total. The van der Waals surface area contributed by atoms with Crippen molar-refractivity contribution in [1.29, 1.82) is 0 Å². The molecule has 5 nitrogen and oxygen atoms in total. The van der Waals surface area contributed by atoms with E-state index in [1.165, 1.54) is 0 Å². The van der Waals surface area contributed by atoms with Gasteiger partial charge in [0.2, 0.25) is 0 Å². The third-order valence-corrected chi connectivity index (χ3v) is 5.89. The molecular weight excluding hydrogens is 304 g/mol. The molecule has 24 heavy (non-hydrogen) atoms. The molecule has 1 saturated carbocycles. The number of rotatable bonds is 3. The number of carbonyl (C=O) groups excluding carboxylic acids is 1. The van der Waals surface area contributed by atoms with Crippen LogP contribution in [0.15, 0.2) is 30.5 Å². The van der Waals surface area contributed by atoms with Gasteiger partial charge in [-0.05, 0) is 44.0 Å². The van der Waals surface area contributed by atoms with Crippen molar-refractivity contribution >= 4 is 16.8 Å². The van der Waals surface area contributed by atoms with Crippen LogP contribution >= 0.6 is 0 Å². The Bertz CT molecular complexity index is 744. The number of nitrogens with zero attached hydrogens (tertiary/aromatic N) is 1. The van der Waals surface area contributed by atoms with Crippen LogP contribution in [-0.2, 0) is 4.74 Å². The lowest BCUT2D eigenvalue weighted by Crippen LogP contribution is -2.62. The van der Waals surface area contributed by atoms with Gasteiger partial charge in [-0.25, -0.2) is 0 Å². The highest BCUT2D eigenvalue weighted by Crippen LogP contribution is 2.51. The van der Waals surface area contributed by atoms with E-state index in [2.05, 4.69) is 4.98 Å². The SMILES string of the molecule is CCOC1CC(O)C12CCN(C(=O)c1ccc3[nH]ccc3c1)CC2. The summed E-state index contributed by atoms with van der Waals surface area (Å²) in [5.74, 6) is 0.0784. The van der Waals surface area contributed by atoms with Crippen LogP contribution in [0.4, 0.5) is 0 Å². The molecule has 5 heteroatoms. The van der Waals surface area contributed by atoms with Crippen molar-refractivity contribution < 1.29 is 14.6 Å². The molecule has 1 spiro atoms. The second kappa shape index (κ2) is 5.90. The number of aromatic nitrogens is 1. The maximum Gasteiger partial charge on any atom is 0.253 e. The molecule has 1 aromatic heterocycles. The van der Waals surface area contributed by atoms with E-state index in [0.717, 1.165) is 35.7 Å². The summed E-state index contributed by atoms with van der Waals surface area (Å²) < 4.78 is 5.79. The van der Waals surface area contributed by atoms with Gasteiger partial charge in [-0.2, -0.15) is 0 Å². The zero-order valence-corrected chi connectivity index (χ0v) is 14.0. The molecule has 2 unspecified atom stereocenters. The summed E-state index contributed by atoms with van der Waals surface area (Å²) in [5.41, 5.74) is 1.63. The highest BCUT2D eigenvalue weighted by molar-refractivity contribution is 5.98. The molecule has 128 valence electrons. The van der Waals surface area contributed by atoms with Crippen molar-refractivity contribution in [2.24, 2.45) is 5.41 Å².